The van der Waals surface area contributed by atoms with Crippen molar-refractivity contribution in [2.75, 3.05) is 152 Å². The molecule has 15 nitrogen and oxygen atoms in total. The van der Waals surface area contributed by atoms with Gasteiger partial charge >= 0.3 is 12.1 Å². The van der Waals surface area contributed by atoms with Crippen LogP contribution in [0.5, 0.6) is 5.75 Å². The molecule has 0 N–H and O–H groups in total. The first-order valence-corrected chi connectivity index (χ1v) is 21.3. The summed E-state index contributed by atoms with van der Waals surface area (Å²) in [5, 5.41) is 0. The molecule has 0 aromatic heterocycles. The second-order valence-electron chi connectivity index (χ2n) is 14.0. The predicted octanol–water partition coefficient (Wildman–Crippen LogP) is 5.72. The van der Waals surface area contributed by atoms with Gasteiger partial charge in [-0.1, -0.05) is 48.5 Å². The molecular formula is C45H58F5NO14. The van der Waals surface area contributed by atoms with Crippen LogP contribution in [0.1, 0.15) is 23.5 Å². The van der Waals surface area contributed by atoms with Crippen LogP contribution in [-0.2, 0) is 56.9 Å². The second kappa shape index (κ2) is 31.5. The topological polar surface area (TPSA) is 148 Å². The van der Waals surface area contributed by atoms with Crippen molar-refractivity contribution < 1.29 is 88.4 Å². The Labute approximate surface area is 375 Å². The van der Waals surface area contributed by atoms with Crippen LogP contribution in [0.3, 0.4) is 0 Å². The Balaban J connectivity index is 0.801. The van der Waals surface area contributed by atoms with Gasteiger partial charge in [0.1, 0.15) is 6.61 Å². The van der Waals surface area contributed by atoms with Gasteiger partial charge in [-0.3, -0.25) is 4.79 Å². The Morgan fingerprint density at radius 3 is 1.17 bits per heavy atom. The summed E-state index contributed by atoms with van der Waals surface area (Å²) in [6.45, 7) is 7.31. The van der Waals surface area contributed by atoms with E-state index in [-0.39, 0.29) is 45.0 Å². The lowest BCUT2D eigenvalue weighted by atomic mass is 9.98. The van der Waals surface area contributed by atoms with Gasteiger partial charge in [0.15, 0.2) is 0 Å². The lowest BCUT2D eigenvalue weighted by molar-refractivity contribution is -0.136. The van der Waals surface area contributed by atoms with Crippen molar-refractivity contribution in [1.29, 1.82) is 0 Å². The number of carbonyl (C=O) groups is 2. The van der Waals surface area contributed by atoms with E-state index in [9.17, 15) is 31.5 Å². The first-order valence-electron chi connectivity index (χ1n) is 21.3. The Morgan fingerprint density at radius 2 is 0.785 bits per heavy atom. The Hall–Kier alpha value is -4.35. The van der Waals surface area contributed by atoms with Crippen molar-refractivity contribution in [3.8, 4) is 16.9 Å². The maximum absolute atomic E-state index is 13.6. The molecule has 0 unspecified atom stereocenters. The number of hydrogen-bond acceptors (Lipinski definition) is 14. The molecule has 0 saturated carbocycles. The molecule has 0 fully saturated rings. The molecule has 1 amide bonds. The fraction of sp³-hybridized carbons (Fsp3) is 0.556. The minimum atomic E-state index is -2.35. The van der Waals surface area contributed by atoms with Crippen molar-refractivity contribution in [3.05, 3.63) is 88.7 Å². The van der Waals surface area contributed by atoms with Crippen molar-refractivity contribution in [1.82, 2.24) is 4.90 Å². The minimum Gasteiger partial charge on any atom is -0.448 e. The lowest BCUT2D eigenvalue weighted by Crippen LogP contribution is -2.32. The highest BCUT2D eigenvalue weighted by atomic mass is 19.2. The van der Waals surface area contributed by atoms with Crippen LogP contribution in [0, 0.1) is 29.1 Å². The van der Waals surface area contributed by atoms with E-state index in [0.717, 1.165) is 0 Å². The van der Waals surface area contributed by atoms with Crippen molar-refractivity contribution in [3.63, 3.8) is 0 Å². The molecule has 0 heterocycles. The van der Waals surface area contributed by atoms with E-state index >= 15 is 0 Å². The smallest absolute Gasteiger partial charge is 0.409 e. The summed E-state index contributed by atoms with van der Waals surface area (Å²) in [7, 11) is 1.69. The van der Waals surface area contributed by atoms with Gasteiger partial charge in [0.05, 0.1) is 139 Å². The highest BCUT2D eigenvalue weighted by Gasteiger charge is 2.30. The van der Waals surface area contributed by atoms with E-state index in [2.05, 4.69) is 29.0 Å². The summed E-state index contributed by atoms with van der Waals surface area (Å²) in [5.41, 5.74) is 4.72. The maximum Gasteiger partial charge on any atom is 0.409 e. The molecule has 65 heavy (non-hydrogen) atoms. The molecule has 0 bridgehead atoms. The van der Waals surface area contributed by atoms with Crippen molar-refractivity contribution in [2.45, 2.75) is 12.3 Å². The largest absolute Gasteiger partial charge is 0.448 e. The molecule has 0 saturated heterocycles. The molecule has 1 aliphatic rings. The van der Waals surface area contributed by atoms with Gasteiger partial charge in [0.25, 0.3) is 0 Å². The van der Waals surface area contributed by atoms with E-state index in [1.54, 1.807) is 7.05 Å². The second-order valence-corrected chi connectivity index (χ2v) is 14.0. The van der Waals surface area contributed by atoms with E-state index < -0.39 is 47.2 Å². The Kier molecular flexibility index (Phi) is 25.9. The normalized spacial score (nSPS) is 12.1. The number of likely N-dealkylation sites (N-methyl/N-ethyl adjacent to an activating group) is 1. The zero-order valence-electron chi connectivity index (χ0n) is 36.5. The van der Waals surface area contributed by atoms with Crippen LogP contribution in [0.4, 0.5) is 26.7 Å². The molecule has 3 aromatic rings. The summed E-state index contributed by atoms with van der Waals surface area (Å²) in [6, 6.07) is 16.5. The van der Waals surface area contributed by atoms with E-state index in [0.29, 0.717) is 112 Å². The molecule has 0 atom stereocenters. The third kappa shape index (κ3) is 19.2. The fourth-order valence-corrected chi connectivity index (χ4v) is 6.07. The quantitative estimate of drug-likeness (QED) is 0.0175. The zero-order chi connectivity index (χ0) is 46.5. The number of carbonyl (C=O) groups excluding carboxylic acids is 2. The molecule has 1 aliphatic carbocycles. The van der Waals surface area contributed by atoms with Gasteiger partial charge in [-0.05, 0) is 22.3 Å². The van der Waals surface area contributed by atoms with Crippen molar-refractivity contribution in [2.24, 2.45) is 0 Å². The lowest BCUT2D eigenvalue weighted by Gasteiger charge is -2.19. The molecule has 20 heteroatoms. The summed E-state index contributed by atoms with van der Waals surface area (Å²) in [5.74, 6) is -14.2. The number of nitrogens with zero attached hydrogens (tertiary/aromatic N) is 1. The number of hydrogen-bond donors (Lipinski definition) is 0. The van der Waals surface area contributed by atoms with Gasteiger partial charge in [-0.2, -0.15) is 8.78 Å². The number of rotatable bonds is 36. The monoisotopic (exact) mass is 931 g/mol. The number of fused-ring (bicyclic) bond motifs is 3. The van der Waals surface area contributed by atoms with Crippen LogP contribution in [0.2, 0.25) is 0 Å². The van der Waals surface area contributed by atoms with Crippen LogP contribution >= 0.6 is 0 Å². The van der Waals surface area contributed by atoms with Gasteiger partial charge in [-0.25, -0.2) is 18.0 Å². The number of ether oxygens (including phenoxy) is 12. The number of halogens is 5. The van der Waals surface area contributed by atoms with Gasteiger partial charge in [0, 0.05) is 19.5 Å². The number of benzene rings is 3. The summed E-state index contributed by atoms with van der Waals surface area (Å²) >= 11 is 0. The molecule has 3 aromatic carbocycles. The number of esters is 1. The average molecular weight is 932 g/mol. The standard InChI is InChI=1S/C45H58F5NO14/c1-51(45(53)64-32-37-35-8-4-2-6-33(35)34-7-3-5-9-36(34)37)11-13-55-15-17-57-19-21-59-23-25-61-27-29-63-31-30-62-28-26-60-24-22-58-20-18-56-16-14-54-12-10-38(52)65-44-42(49)40(47)39(46)41(48)43(44)50/h2-9,37H,10-32H2,1H3. The fourth-order valence-electron chi connectivity index (χ4n) is 6.07. The predicted molar refractivity (Wildman–Crippen MR) is 222 cm³/mol. The number of amides is 1. The Morgan fingerprint density at radius 1 is 0.462 bits per heavy atom. The minimum absolute atomic E-state index is 0.0162. The van der Waals surface area contributed by atoms with Crippen LogP contribution < -0.4 is 4.74 Å². The maximum atomic E-state index is 13.6. The van der Waals surface area contributed by atoms with E-state index in [4.69, 9.17) is 52.1 Å². The third-order valence-electron chi connectivity index (χ3n) is 9.40. The van der Waals surface area contributed by atoms with Crippen LogP contribution in [-0.4, -0.2) is 169 Å². The molecule has 0 spiro atoms. The summed E-state index contributed by atoms with van der Waals surface area (Å²) in [6.07, 6.45) is -0.881. The highest BCUT2D eigenvalue weighted by molar-refractivity contribution is 5.79. The third-order valence-corrected chi connectivity index (χ3v) is 9.40. The van der Waals surface area contributed by atoms with Gasteiger partial charge in [-0.15, -0.1) is 0 Å². The summed E-state index contributed by atoms with van der Waals surface area (Å²) < 4.78 is 131. The first-order chi connectivity index (χ1) is 31.7. The Bertz CT molecular complexity index is 1770. The molecule has 0 aliphatic heterocycles. The van der Waals surface area contributed by atoms with E-state index in [1.165, 1.54) is 27.2 Å². The highest BCUT2D eigenvalue weighted by Crippen LogP contribution is 2.44. The average Bonchev–Trinajstić information content (AvgIpc) is 3.64. The van der Waals surface area contributed by atoms with Crippen molar-refractivity contribution >= 4 is 12.1 Å². The molecular weight excluding hydrogens is 873 g/mol. The molecule has 4 rings (SSSR count). The molecule has 362 valence electrons. The van der Waals surface area contributed by atoms with Gasteiger partial charge in [0.2, 0.25) is 34.8 Å². The van der Waals surface area contributed by atoms with Crippen LogP contribution in [0.25, 0.3) is 11.1 Å². The first kappa shape index (κ1) is 53.3. The summed E-state index contributed by atoms with van der Waals surface area (Å²) in [4.78, 5) is 25.8. The van der Waals surface area contributed by atoms with Gasteiger partial charge < -0.3 is 61.7 Å². The molecule has 0 radical (unpaired) electrons. The zero-order valence-corrected chi connectivity index (χ0v) is 36.5. The SMILES string of the molecule is CN(CCOCCOCCOCCOCCOCCOCCOCCOCCOCCOCCC(=O)Oc1c(F)c(F)c(F)c(F)c1F)C(=O)OCC1c2ccccc2-c2ccccc21. The van der Waals surface area contributed by atoms with Crippen LogP contribution in [0.15, 0.2) is 48.5 Å². The van der Waals surface area contributed by atoms with E-state index in [1.807, 2.05) is 24.3 Å².